The first kappa shape index (κ1) is 33.7. The monoisotopic (exact) mass is 937 g/mol. The van der Waals surface area contributed by atoms with Gasteiger partial charge < -0.3 is 18.9 Å². The number of hydrogen-bond acceptors (Lipinski definition) is 4. The molecule has 9 heteroatoms. The second kappa shape index (κ2) is 12.8. The molecule has 8 aromatic carbocycles. The van der Waals surface area contributed by atoms with Crippen LogP contribution >= 0.6 is 0 Å². The number of nitrogens with zero attached hydrogens (tertiary/aromatic N) is 8. The predicted octanol–water partition coefficient (Wildman–Crippen LogP) is 12.0. The van der Waals surface area contributed by atoms with Gasteiger partial charge in [-0.15, -0.1) is 36.4 Å². The van der Waals surface area contributed by atoms with Crippen molar-refractivity contribution in [3.63, 3.8) is 0 Å². The van der Waals surface area contributed by atoms with Gasteiger partial charge in [0, 0.05) is 5.69 Å². The summed E-state index contributed by atoms with van der Waals surface area (Å²) in [5, 5.41) is 0. The van der Waals surface area contributed by atoms with Gasteiger partial charge >= 0.3 is 21.1 Å². The molecule has 0 unspecified atom stereocenters. The molecule has 1 aliphatic rings. The van der Waals surface area contributed by atoms with E-state index in [9.17, 15) is 0 Å². The van der Waals surface area contributed by atoms with Gasteiger partial charge in [0.05, 0.1) is 55.5 Å². The van der Waals surface area contributed by atoms with E-state index < -0.39 is 0 Å². The van der Waals surface area contributed by atoms with Crippen LogP contribution in [0.2, 0.25) is 0 Å². The zero-order chi connectivity index (χ0) is 37.9. The Kier molecular flexibility index (Phi) is 7.31. The fraction of sp³-hybridized carbons (Fsp3) is 0. The summed E-state index contributed by atoms with van der Waals surface area (Å²) >= 11 is 0. The first-order valence-corrected chi connectivity index (χ1v) is 19.4. The van der Waals surface area contributed by atoms with Gasteiger partial charge in [-0.25, -0.2) is 9.97 Å². The Balaban J connectivity index is 0.00000377. The fourth-order valence-electron chi connectivity index (χ4n) is 9.03. The van der Waals surface area contributed by atoms with Crippen molar-refractivity contribution in [2.45, 2.75) is 0 Å². The van der Waals surface area contributed by atoms with Crippen molar-refractivity contribution < 1.29 is 21.1 Å². The molecule has 0 bridgehead atoms. The molecule has 0 radical (unpaired) electrons. The Morgan fingerprint density at radius 3 is 1.42 bits per heavy atom. The topological polar surface area (TPSA) is 50.9 Å². The van der Waals surface area contributed by atoms with Crippen molar-refractivity contribution >= 4 is 89.8 Å². The van der Waals surface area contributed by atoms with E-state index in [0.717, 1.165) is 101 Å². The summed E-state index contributed by atoms with van der Waals surface area (Å²) in [5.74, 6) is 1.68. The van der Waals surface area contributed by atoms with Gasteiger partial charge in [-0.2, -0.15) is 6.07 Å². The van der Waals surface area contributed by atoms with Crippen molar-refractivity contribution in [3.8, 4) is 11.4 Å². The Hall–Kier alpha value is -7.41. The van der Waals surface area contributed by atoms with E-state index in [1.165, 1.54) is 0 Å². The van der Waals surface area contributed by atoms with Crippen LogP contribution < -0.4 is 9.80 Å². The summed E-state index contributed by atoms with van der Waals surface area (Å²) in [6.07, 6.45) is 0. The molecule has 0 aliphatic carbocycles. The van der Waals surface area contributed by atoms with Crippen LogP contribution in [0.3, 0.4) is 0 Å². The molecule has 5 heterocycles. The number of para-hydroxylation sites is 11. The molecule has 0 fully saturated rings. The van der Waals surface area contributed by atoms with E-state index in [1.54, 1.807) is 0 Å². The second-order valence-corrected chi connectivity index (χ2v) is 14.6. The Morgan fingerprint density at radius 1 is 0.339 bits per heavy atom. The predicted molar refractivity (Wildman–Crippen MR) is 233 cm³/mol. The number of imidazole rings is 4. The quantitative estimate of drug-likeness (QED) is 0.165. The third-order valence-electron chi connectivity index (χ3n) is 11.4. The summed E-state index contributed by atoms with van der Waals surface area (Å²) < 4.78 is 8.94. The Bertz CT molecular complexity index is 3610. The van der Waals surface area contributed by atoms with Crippen LogP contribution in [-0.2, 0) is 21.1 Å². The van der Waals surface area contributed by atoms with E-state index in [1.807, 2.05) is 12.1 Å². The van der Waals surface area contributed by atoms with Crippen LogP contribution in [-0.4, -0.2) is 27.9 Å². The van der Waals surface area contributed by atoms with Crippen molar-refractivity contribution in [3.05, 3.63) is 194 Å². The van der Waals surface area contributed by atoms with Gasteiger partial charge in [0.1, 0.15) is 0 Å². The maximum atomic E-state index is 5.19. The largest absolute Gasteiger partial charge is 2.00 e. The second-order valence-electron chi connectivity index (χ2n) is 14.6. The molecule has 4 aromatic heterocycles. The van der Waals surface area contributed by atoms with Crippen LogP contribution in [0.1, 0.15) is 0 Å². The molecule has 0 amide bonds. The number of fused-ring (bicyclic) bond motifs is 12. The summed E-state index contributed by atoms with van der Waals surface area (Å²) in [7, 11) is 0. The molecule has 0 saturated carbocycles. The van der Waals surface area contributed by atoms with Crippen molar-refractivity contribution in [2.75, 3.05) is 9.80 Å². The van der Waals surface area contributed by atoms with Crippen molar-refractivity contribution in [1.29, 1.82) is 0 Å². The summed E-state index contributed by atoms with van der Waals surface area (Å²) in [6, 6.07) is 71.4. The number of benzene rings is 8. The van der Waals surface area contributed by atoms with E-state index in [2.05, 4.69) is 210 Å². The van der Waals surface area contributed by atoms with Crippen molar-refractivity contribution in [2.24, 2.45) is 0 Å². The smallest absolute Gasteiger partial charge is 0.362 e. The van der Waals surface area contributed by atoms with E-state index in [4.69, 9.17) is 9.97 Å². The van der Waals surface area contributed by atoms with Crippen LogP contribution in [0.4, 0.5) is 34.1 Å². The van der Waals surface area contributed by atoms with E-state index in [0.29, 0.717) is 0 Å². The first-order chi connectivity index (χ1) is 28.8. The van der Waals surface area contributed by atoms with Crippen LogP contribution in [0, 0.1) is 12.1 Å². The number of aromatic nitrogens is 6. The van der Waals surface area contributed by atoms with Crippen LogP contribution in [0.25, 0.3) is 67.1 Å². The minimum absolute atomic E-state index is 0. The molecule has 0 atom stereocenters. The molecular formula is C50H30N8Pt. The maximum Gasteiger partial charge on any atom is 2.00 e. The molecule has 1 aliphatic heterocycles. The Labute approximate surface area is 352 Å². The third kappa shape index (κ3) is 4.75. The van der Waals surface area contributed by atoms with Crippen LogP contribution in [0.5, 0.6) is 0 Å². The summed E-state index contributed by atoms with van der Waals surface area (Å²) in [5.41, 5.74) is 16.0. The van der Waals surface area contributed by atoms with Gasteiger partial charge in [-0.05, 0) is 84.2 Å². The van der Waals surface area contributed by atoms with Gasteiger partial charge in [-0.3, -0.25) is 8.80 Å². The normalized spacial score (nSPS) is 12.5. The minimum Gasteiger partial charge on any atom is -0.362 e. The molecule has 12 aromatic rings. The molecule has 0 spiro atoms. The number of hydrogen-bond donors (Lipinski definition) is 0. The summed E-state index contributed by atoms with van der Waals surface area (Å²) in [4.78, 5) is 15.0. The van der Waals surface area contributed by atoms with Crippen LogP contribution in [0.15, 0.2) is 182 Å². The molecular weight excluding hydrogens is 908 g/mol. The van der Waals surface area contributed by atoms with E-state index >= 15 is 0 Å². The standard InChI is InChI=1S/C50H30N8.Pt/c1-2-15-33(16-3-1)53-41-23-8-9-24-42(41)54(34-17-14-18-35(31-34)55-43-25-10-12-27-45(43)57-39-21-6-4-19-37(39)51-49(55)57)48-32-36(29-30-47(48)53)56-44-26-11-13-28-46(44)58-40-22-7-5-20-38(40)52-50(56)58;/h1-30H;/q-2;+2. The van der Waals surface area contributed by atoms with Gasteiger partial charge in [0.25, 0.3) is 0 Å². The fourth-order valence-corrected chi connectivity index (χ4v) is 9.03. The average Bonchev–Trinajstić information content (AvgIpc) is 4.02. The molecule has 8 nitrogen and oxygen atoms in total. The van der Waals surface area contributed by atoms with Gasteiger partial charge in [0.2, 0.25) is 11.6 Å². The van der Waals surface area contributed by atoms with Crippen molar-refractivity contribution in [1.82, 2.24) is 27.9 Å². The Morgan fingerprint density at radius 2 is 0.814 bits per heavy atom. The molecule has 13 rings (SSSR count). The SMILES string of the molecule is [Pt+2].[c-]1c(N2c3[c-]c(-n4c5ccccc5n5c6ccccc6nc45)ccc3N(c3ccccc3)c3ccccc32)cccc1-n1c2ccccc2n2c3ccccc3nc12. The molecule has 280 valence electrons. The average molecular weight is 938 g/mol. The molecule has 0 saturated heterocycles. The van der Waals surface area contributed by atoms with Gasteiger partial charge in [0.15, 0.2) is 0 Å². The van der Waals surface area contributed by atoms with E-state index in [-0.39, 0.29) is 21.1 Å². The summed E-state index contributed by atoms with van der Waals surface area (Å²) in [6.45, 7) is 0. The first-order valence-electron chi connectivity index (χ1n) is 19.4. The molecule has 0 N–H and O–H groups in total. The minimum atomic E-state index is 0. The zero-order valence-corrected chi connectivity index (χ0v) is 33.5. The zero-order valence-electron chi connectivity index (χ0n) is 31.2. The number of anilines is 6. The maximum absolute atomic E-state index is 5.19. The van der Waals surface area contributed by atoms with Gasteiger partial charge in [-0.1, -0.05) is 95.9 Å². The third-order valence-corrected chi connectivity index (χ3v) is 11.4. The number of rotatable bonds is 4. The molecule has 59 heavy (non-hydrogen) atoms.